The van der Waals surface area contributed by atoms with E-state index in [0.717, 1.165) is 0 Å². The average molecular weight is 237 g/mol. The molecule has 0 saturated carbocycles. The lowest BCUT2D eigenvalue weighted by molar-refractivity contribution is -0.130. The molecule has 0 radical (unpaired) electrons. The van der Waals surface area contributed by atoms with Crippen molar-refractivity contribution in [2.24, 2.45) is 0 Å². The summed E-state index contributed by atoms with van der Waals surface area (Å²) in [5.74, 6) is -1.85. The molecule has 0 saturated heterocycles. The van der Waals surface area contributed by atoms with Gasteiger partial charge in [-0.1, -0.05) is 19.4 Å². The summed E-state index contributed by atoms with van der Waals surface area (Å²) in [6.45, 7) is 1.83. The van der Waals surface area contributed by atoms with Crippen molar-refractivity contribution in [1.82, 2.24) is 4.98 Å². The summed E-state index contributed by atoms with van der Waals surface area (Å²) in [6.07, 6.45) is 1.20. The molecule has 17 heavy (non-hydrogen) atoms. The zero-order valence-corrected chi connectivity index (χ0v) is 9.50. The van der Waals surface area contributed by atoms with Crippen molar-refractivity contribution in [2.75, 3.05) is 0 Å². The highest BCUT2D eigenvalue weighted by Gasteiger charge is 2.22. The molecule has 1 rings (SSSR count). The van der Waals surface area contributed by atoms with Crippen LogP contribution in [0.15, 0.2) is 30.2 Å². The highest BCUT2D eigenvalue weighted by Crippen LogP contribution is 2.19. The number of rotatable bonds is 5. The van der Waals surface area contributed by atoms with Gasteiger partial charge in [0.1, 0.15) is 17.4 Å². The van der Waals surface area contributed by atoms with E-state index < -0.39 is 17.8 Å². The number of pyridine rings is 1. The summed E-state index contributed by atoms with van der Waals surface area (Å²) in [7, 11) is 0. The molecule has 0 aromatic carbocycles. The SMILES string of the molecule is CCCC(O)/C(O)=C(/C(=O)O)c1ccccn1. The van der Waals surface area contributed by atoms with Crippen LogP contribution in [0.4, 0.5) is 0 Å². The predicted octanol–water partition coefficient (Wildman–Crippen LogP) is 1.60. The molecule has 0 amide bonds. The van der Waals surface area contributed by atoms with E-state index in [4.69, 9.17) is 5.11 Å². The molecule has 0 aliphatic carbocycles. The van der Waals surface area contributed by atoms with Crippen LogP contribution in [0.1, 0.15) is 25.5 Å². The van der Waals surface area contributed by atoms with Crippen molar-refractivity contribution < 1.29 is 20.1 Å². The highest BCUT2D eigenvalue weighted by atomic mass is 16.4. The molecule has 0 aliphatic heterocycles. The molecule has 0 fully saturated rings. The van der Waals surface area contributed by atoms with Crippen LogP contribution in [0.25, 0.3) is 5.57 Å². The second kappa shape index (κ2) is 6.00. The van der Waals surface area contributed by atoms with Gasteiger partial charge in [-0.25, -0.2) is 4.79 Å². The Balaban J connectivity index is 3.17. The van der Waals surface area contributed by atoms with Gasteiger partial charge in [-0.2, -0.15) is 0 Å². The summed E-state index contributed by atoms with van der Waals surface area (Å²) >= 11 is 0. The lowest BCUT2D eigenvalue weighted by Crippen LogP contribution is -2.16. The smallest absolute Gasteiger partial charge is 0.341 e. The van der Waals surface area contributed by atoms with Crippen molar-refractivity contribution in [3.05, 3.63) is 35.8 Å². The van der Waals surface area contributed by atoms with E-state index in [9.17, 15) is 15.0 Å². The van der Waals surface area contributed by atoms with Crippen molar-refractivity contribution in [2.45, 2.75) is 25.9 Å². The van der Waals surface area contributed by atoms with Gasteiger partial charge in [-0.15, -0.1) is 0 Å². The standard InChI is InChI=1S/C12H15NO4/c1-2-5-9(14)11(15)10(12(16)17)8-6-3-4-7-13-8/h3-4,6-7,9,14-15H,2,5H2,1H3,(H,16,17)/b11-10-. The summed E-state index contributed by atoms with van der Waals surface area (Å²) in [4.78, 5) is 14.9. The number of aliphatic hydroxyl groups excluding tert-OH is 2. The van der Waals surface area contributed by atoms with Gasteiger partial charge in [0.25, 0.3) is 0 Å². The molecule has 5 nitrogen and oxygen atoms in total. The summed E-state index contributed by atoms with van der Waals surface area (Å²) in [5, 5.41) is 28.4. The van der Waals surface area contributed by atoms with Crippen LogP contribution >= 0.6 is 0 Å². The summed E-state index contributed by atoms with van der Waals surface area (Å²) < 4.78 is 0. The number of aromatic nitrogens is 1. The molecule has 3 N–H and O–H groups in total. The maximum Gasteiger partial charge on any atom is 0.341 e. The maximum absolute atomic E-state index is 11.1. The zero-order valence-electron chi connectivity index (χ0n) is 9.50. The van der Waals surface area contributed by atoms with Crippen molar-refractivity contribution in [3.8, 4) is 0 Å². The number of hydrogen-bond acceptors (Lipinski definition) is 4. The molecule has 0 spiro atoms. The van der Waals surface area contributed by atoms with Gasteiger partial charge in [-0.3, -0.25) is 4.98 Å². The Hall–Kier alpha value is -1.88. The van der Waals surface area contributed by atoms with Crippen molar-refractivity contribution in [3.63, 3.8) is 0 Å². The number of carbonyl (C=O) groups is 1. The average Bonchev–Trinajstić information content (AvgIpc) is 2.30. The Kier molecular flexibility index (Phi) is 4.66. The zero-order chi connectivity index (χ0) is 12.8. The minimum Gasteiger partial charge on any atom is -0.509 e. The number of carboxylic acid groups (broad SMARTS) is 1. The molecule has 92 valence electrons. The van der Waals surface area contributed by atoms with E-state index in [0.29, 0.717) is 12.8 Å². The quantitative estimate of drug-likeness (QED) is 0.534. The third-order valence-corrected chi connectivity index (χ3v) is 2.27. The predicted molar refractivity (Wildman–Crippen MR) is 62.3 cm³/mol. The van der Waals surface area contributed by atoms with Crippen LogP contribution in [0.5, 0.6) is 0 Å². The van der Waals surface area contributed by atoms with Gasteiger partial charge in [0.15, 0.2) is 0 Å². The first kappa shape index (κ1) is 13.2. The van der Waals surface area contributed by atoms with E-state index in [1.165, 1.54) is 12.3 Å². The molecule has 1 aromatic heterocycles. The van der Waals surface area contributed by atoms with E-state index in [-0.39, 0.29) is 11.3 Å². The molecular weight excluding hydrogens is 222 g/mol. The van der Waals surface area contributed by atoms with E-state index in [1.807, 2.05) is 6.92 Å². The van der Waals surface area contributed by atoms with Crippen LogP contribution < -0.4 is 0 Å². The van der Waals surface area contributed by atoms with Crippen LogP contribution in [0.2, 0.25) is 0 Å². The molecule has 0 bridgehead atoms. The molecule has 1 atom stereocenters. The van der Waals surface area contributed by atoms with Crippen LogP contribution in [-0.4, -0.2) is 32.4 Å². The minimum atomic E-state index is -1.31. The van der Waals surface area contributed by atoms with E-state index in [2.05, 4.69) is 4.98 Å². The normalized spacial score (nSPS) is 14.0. The summed E-state index contributed by atoms with van der Waals surface area (Å²) in [5.41, 5.74) is -0.223. The van der Waals surface area contributed by atoms with Gasteiger partial charge in [0, 0.05) is 6.20 Å². The number of aliphatic carboxylic acids is 1. The molecule has 5 heteroatoms. The molecule has 1 aromatic rings. The first-order chi connectivity index (χ1) is 8.07. The monoisotopic (exact) mass is 237 g/mol. The van der Waals surface area contributed by atoms with Crippen molar-refractivity contribution in [1.29, 1.82) is 0 Å². The largest absolute Gasteiger partial charge is 0.509 e. The third-order valence-electron chi connectivity index (χ3n) is 2.27. The highest BCUT2D eigenvalue weighted by molar-refractivity contribution is 6.15. The Bertz CT molecular complexity index is 414. The maximum atomic E-state index is 11.1. The first-order valence-electron chi connectivity index (χ1n) is 5.33. The lowest BCUT2D eigenvalue weighted by atomic mass is 10.0. The Morgan fingerprint density at radius 1 is 1.41 bits per heavy atom. The summed E-state index contributed by atoms with van der Waals surface area (Å²) in [6, 6.07) is 4.73. The third kappa shape index (κ3) is 3.29. The van der Waals surface area contributed by atoms with Crippen LogP contribution in [-0.2, 0) is 4.79 Å². The fourth-order valence-electron chi connectivity index (χ4n) is 1.44. The van der Waals surface area contributed by atoms with E-state index >= 15 is 0 Å². The van der Waals surface area contributed by atoms with Crippen LogP contribution in [0.3, 0.4) is 0 Å². The van der Waals surface area contributed by atoms with E-state index in [1.54, 1.807) is 12.1 Å². The van der Waals surface area contributed by atoms with Gasteiger partial charge in [0.05, 0.1) is 5.69 Å². The van der Waals surface area contributed by atoms with Crippen LogP contribution in [0, 0.1) is 0 Å². The molecular formula is C12H15NO4. The first-order valence-corrected chi connectivity index (χ1v) is 5.33. The molecule has 1 heterocycles. The van der Waals surface area contributed by atoms with Gasteiger partial charge >= 0.3 is 5.97 Å². The Morgan fingerprint density at radius 2 is 2.12 bits per heavy atom. The molecule has 0 aliphatic rings. The second-order valence-electron chi connectivity index (χ2n) is 3.58. The van der Waals surface area contributed by atoms with Gasteiger partial charge in [-0.05, 0) is 18.6 Å². The molecule has 1 unspecified atom stereocenters. The number of carboxylic acids is 1. The Labute approximate surface area is 99.1 Å². The fourth-order valence-corrected chi connectivity index (χ4v) is 1.44. The lowest BCUT2D eigenvalue weighted by Gasteiger charge is -2.11. The van der Waals surface area contributed by atoms with Gasteiger partial charge < -0.3 is 15.3 Å². The Morgan fingerprint density at radius 3 is 2.59 bits per heavy atom. The second-order valence-corrected chi connectivity index (χ2v) is 3.58. The fraction of sp³-hybridized carbons (Fsp3) is 0.333. The topological polar surface area (TPSA) is 90.7 Å². The van der Waals surface area contributed by atoms with Crippen molar-refractivity contribution >= 4 is 11.5 Å². The minimum absolute atomic E-state index is 0.132. The number of nitrogens with zero attached hydrogens (tertiary/aromatic N) is 1. The number of aliphatic hydroxyl groups is 2. The van der Waals surface area contributed by atoms with Gasteiger partial charge in [0.2, 0.25) is 0 Å². The number of hydrogen-bond donors (Lipinski definition) is 3.